The fourth-order valence-corrected chi connectivity index (χ4v) is 3.95. The molecule has 26 heavy (non-hydrogen) atoms. The summed E-state index contributed by atoms with van der Waals surface area (Å²) in [6.07, 6.45) is 2.30. The zero-order valence-corrected chi connectivity index (χ0v) is 15.3. The number of sulfonamides is 1. The van der Waals surface area contributed by atoms with Crippen molar-refractivity contribution < 1.29 is 17.9 Å². The van der Waals surface area contributed by atoms with Crippen LogP contribution in [0, 0.1) is 11.3 Å². The lowest BCUT2D eigenvalue weighted by molar-refractivity contribution is -0.124. The first-order valence-corrected chi connectivity index (χ1v) is 9.80. The molecule has 1 aliphatic carbocycles. The maximum absolute atomic E-state index is 12.5. The van der Waals surface area contributed by atoms with Gasteiger partial charge in [-0.1, -0.05) is 43.3 Å². The number of benzene rings is 2. The van der Waals surface area contributed by atoms with E-state index in [0.29, 0.717) is 17.7 Å². The monoisotopic (exact) mass is 371 g/mol. The normalized spacial score (nSPS) is 21.7. The van der Waals surface area contributed by atoms with Crippen molar-refractivity contribution in [1.29, 1.82) is 0 Å². The van der Waals surface area contributed by atoms with Crippen molar-refractivity contribution in [3.8, 4) is 5.75 Å². The van der Waals surface area contributed by atoms with Gasteiger partial charge in [0.1, 0.15) is 12.4 Å². The number of hydrogen-bond donors (Lipinski definition) is 1. The van der Waals surface area contributed by atoms with Crippen molar-refractivity contribution in [2.75, 3.05) is 0 Å². The van der Waals surface area contributed by atoms with E-state index < -0.39 is 21.3 Å². The first-order valence-electron chi connectivity index (χ1n) is 8.32. The molecule has 5 nitrogen and oxygen atoms in total. The van der Waals surface area contributed by atoms with Crippen molar-refractivity contribution in [3.63, 3.8) is 0 Å². The van der Waals surface area contributed by atoms with Gasteiger partial charge in [-0.2, -0.15) is 0 Å². The van der Waals surface area contributed by atoms with Crippen LogP contribution < -0.4 is 9.46 Å². The quantitative estimate of drug-likeness (QED) is 0.758. The topological polar surface area (TPSA) is 72.5 Å². The molecule has 1 saturated carbocycles. The Kier molecular flexibility index (Phi) is 4.87. The SMILES string of the molecule is C=C[C@@H]1C[C@]1(C)C(=O)NS(=O)(=O)c1cccc(COc2ccccc2)c1. The third-order valence-corrected chi connectivity index (χ3v) is 6.02. The zero-order valence-electron chi connectivity index (χ0n) is 14.5. The standard InChI is InChI=1S/C20H21NO4S/c1-3-16-13-20(16,2)19(22)21-26(23,24)18-11-7-8-15(12-18)14-25-17-9-5-4-6-10-17/h3-12,16H,1,13-14H2,2H3,(H,21,22)/t16-,20+/m1/s1. The maximum atomic E-state index is 12.5. The molecule has 0 saturated heterocycles. The summed E-state index contributed by atoms with van der Waals surface area (Å²) in [5.41, 5.74) is 0.00818. The minimum atomic E-state index is -3.93. The van der Waals surface area contributed by atoms with E-state index in [0.717, 1.165) is 0 Å². The molecule has 1 aliphatic rings. The van der Waals surface area contributed by atoms with E-state index >= 15 is 0 Å². The van der Waals surface area contributed by atoms with Crippen LogP contribution in [0.4, 0.5) is 0 Å². The van der Waals surface area contributed by atoms with Crippen LogP contribution in [-0.4, -0.2) is 14.3 Å². The van der Waals surface area contributed by atoms with E-state index in [2.05, 4.69) is 11.3 Å². The number of allylic oxidation sites excluding steroid dienone is 1. The van der Waals surface area contributed by atoms with E-state index in [-0.39, 0.29) is 17.4 Å². The van der Waals surface area contributed by atoms with E-state index in [1.165, 1.54) is 12.1 Å². The fraction of sp³-hybridized carbons (Fsp3) is 0.250. The van der Waals surface area contributed by atoms with Crippen LogP contribution in [0.5, 0.6) is 5.75 Å². The average Bonchev–Trinajstić information content (AvgIpc) is 3.33. The molecule has 3 rings (SSSR count). The Bertz CT molecular complexity index is 924. The summed E-state index contributed by atoms with van der Waals surface area (Å²) in [6.45, 7) is 5.65. The van der Waals surface area contributed by atoms with E-state index in [9.17, 15) is 13.2 Å². The number of rotatable bonds is 7. The molecule has 6 heteroatoms. The summed E-state index contributed by atoms with van der Waals surface area (Å²) >= 11 is 0. The van der Waals surface area contributed by atoms with Crippen molar-refractivity contribution in [3.05, 3.63) is 72.8 Å². The Hall–Kier alpha value is -2.60. The second kappa shape index (κ2) is 6.96. The molecular weight excluding hydrogens is 350 g/mol. The van der Waals surface area contributed by atoms with Gasteiger partial charge in [0.15, 0.2) is 0 Å². The van der Waals surface area contributed by atoms with E-state index in [1.54, 1.807) is 25.1 Å². The summed E-state index contributed by atoms with van der Waals surface area (Å²) in [6, 6.07) is 15.6. The highest BCUT2D eigenvalue weighted by Crippen LogP contribution is 2.53. The summed E-state index contributed by atoms with van der Waals surface area (Å²) in [5.74, 6) is 0.225. The predicted octanol–water partition coefficient (Wildman–Crippen LogP) is 3.28. The van der Waals surface area contributed by atoms with Gasteiger partial charge in [-0.25, -0.2) is 13.1 Å². The minimum Gasteiger partial charge on any atom is -0.489 e. The second-order valence-corrected chi connectivity index (χ2v) is 8.33. The summed E-state index contributed by atoms with van der Waals surface area (Å²) in [5, 5.41) is 0. The van der Waals surface area contributed by atoms with Crippen LogP contribution in [0.25, 0.3) is 0 Å². The van der Waals surface area contributed by atoms with Crippen LogP contribution in [0.3, 0.4) is 0 Å². The Morgan fingerprint density at radius 3 is 2.65 bits per heavy atom. The molecule has 1 N–H and O–H groups in total. The van der Waals surface area contributed by atoms with Crippen molar-refractivity contribution in [2.45, 2.75) is 24.8 Å². The maximum Gasteiger partial charge on any atom is 0.264 e. The third kappa shape index (κ3) is 3.80. The number of amides is 1. The van der Waals surface area contributed by atoms with Crippen LogP contribution in [-0.2, 0) is 21.4 Å². The highest BCUT2D eigenvalue weighted by Gasteiger charge is 2.55. The molecule has 2 atom stereocenters. The molecule has 2 aromatic rings. The van der Waals surface area contributed by atoms with E-state index in [4.69, 9.17) is 4.74 Å². The number of nitrogens with one attached hydrogen (secondary N) is 1. The summed E-state index contributed by atoms with van der Waals surface area (Å²) in [4.78, 5) is 12.4. The molecule has 0 heterocycles. The average molecular weight is 371 g/mol. The van der Waals surface area contributed by atoms with Gasteiger partial charge in [0.25, 0.3) is 10.0 Å². The molecule has 0 bridgehead atoms. The zero-order chi connectivity index (χ0) is 18.8. The molecule has 2 aromatic carbocycles. The van der Waals surface area contributed by atoms with Crippen LogP contribution >= 0.6 is 0 Å². The van der Waals surface area contributed by atoms with E-state index in [1.807, 2.05) is 30.3 Å². The third-order valence-electron chi connectivity index (χ3n) is 4.69. The van der Waals surface area contributed by atoms with Gasteiger partial charge in [0, 0.05) is 0 Å². The Balaban J connectivity index is 1.70. The first-order chi connectivity index (χ1) is 12.3. The Labute approximate surface area is 153 Å². The van der Waals surface area contributed by atoms with Gasteiger partial charge in [-0.05, 0) is 42.2 Å². The molecular formula is C20H21NO4S. The van der Waals surface area contributed by atoms with Crippen molar-refractivity contribution >= 4 is 15.9 Å². The number of para-hydroxylation sites is 1. The lowest BCUT2D eigenvalue weighted by atomic mass is 10.1. The minimum absolute atomic E-state index is 0.0170. The number of carbonyl (C=O) groups is 1. The van der Waals surface area contributed by atoms with Crippen LogP contribution in [0.15, 0.2) is 72.1 Å². The highest BCUT2D eigenvalue weighted by atomic mass is 32.2. The lowest BCUT2D eigenvalue weighted by Gasteiger charge is -2.13. The first kappa shape index (κ1) is 18.2. The lowest BCUT2D eigenvalue weighted by Crippen LogP contribution is -2.36. The summed E-state index contributed by atoms with van der Waals surface area (Å²) < 4.78 is 32.9. The number of hydrogen-bond acceptors (Lipinski definition) is 4. The molecule has 0 aromatic heterocycles. The van der Waals surface area contributed by atoms with Crippen molar-refractivity contribution in [2.24, 2.45) is 11.3 Å². The van der Waals surface area contributed by atoms with Crippen molar-refractivity contribution in [1.82, 2.24) is 4.72 Å². The van der Waals surface area contributed by atoms with Gasteiger partial charge in [-0.15, -0.1) is 6.58 Å². The fourth-order valence-electron chi connectivity index (χ4n) is 2.79. The molecule has 136 valence electrons. The Morgan fingerprint density at radius 1 is 1.27 bits per heavy atom. The second-order valence-electron chi connectivity index (χ2n) is 6.65. The van der Waals surface area contributed by atoms with Gasteiger partial charge >= 0.3 is 0 Å². The van der Waals surface area contributed by atoms with Gasteiger partial charge in [0.2, 0.25) is 5.91 Å². The largest absolute Gasteiger partial charge is 0.489 e. The predicted molar refractivity (Wildman–Crippen MR) is 99.0 cm³/mol. The Morgan fingerprint density at radius 2 is 2.00 bits per heavy atom. The smallest absolute Gasteiger partial charge is 0.264 e. The van der Waals surface area contributed by atoms with Gasteiger partial charge < -0.3 is 4.74 Å². The number of carbonyl (C=O) groups excluding carboxylic acids is 1. The molecule has 0 unspecified atom stereocenters. The molecule has 0 spiro atoms. The highest BCUT2D eigenvalue weighted by molar-refractivity contribution is 7.90. The van der Waals surface area contributed by atoms with Crippen LogP contribution in [0.2, 0.25) is 0 Å². The molecule has 0 radical (unpaired) electrons. The molecule has 1 amide bonds. The van der Waals surface area contributed by atoms with Gasteiger partial charge in [-0.3, -0.25) is 4.79 Å². The van der Waals surface area contributed by atoms with Gasteiger partial charge in [0.05, 0.1) is 10.3 Å². The molecule has 1 fully saturated rings. The number of ether oxygens (including phenoxy) is 1. The summed E-state index contributed by atoms with van der Waals surface area (Å²) in [7, 11) is -3.93. The molecule has 0 aliphatic heterocycles. The van der Waals surface area contributed by atoms with Crippen LogP contribution in [0.1, 0.15) is 18.9 Å².